The van der Waals surface area contributed by atoms with Gasteiger partial charge in [-0.2, -0.15) is 0 Å². The van der Waals surface area contributed by atoms with Crippen LogP contribution in [-0.2, 0) is 6.54 Å². The summed E-state index contributed by atoms with van der Waals surface area (Å²) in [5.41, 5.74) is 2.09. The molecule has 3 heteroatoms. The second-order valence-corrected chi connectivity index (χ2v) is 4.91. The number of hydrogen-bond donors (Lipinski definition) is 1. The van der Waals surface area contributed by atoms with E-state index in [2.05, 4.69) is 17.2 Å². The highest BCUT2D eigenvalue weighted by molar-refractivity contribution is 5.26. The first-order valence-corrected chi connectivity index (χ1v) is 6.48. The molecule has 2 atom stereocenters. The fourth-order valence-corrected chi connectivity index (χ4v) is 2.33. The number of nitrogens with one attached hydrogen (secondary N) is 1. The molecule has 17 heavy (non-hydrogen) atoms. The van der Waals surface area contributed by atoms with Crippen molar-refractivity contribution < 1.29 is 4.74 Å². The minimum atomic E-state index is 0.711. The Kier molecular flexibility index (Phi) is 4.00. The maximum Gasteiger partial charge on any atom is 0.122 e. The molecule has 1 heterocycles. The largest absolute Gasteiger partial charge is 0.497 e. The highest BCUT2D eigenvalue weighted by Gasteiger charge is 2.35. The maximum absolute atomic E-state index is 5.25. The molecule has 1 fully saturated rings. The molecule has 1 aliphatic carbocycles. The summed E-state index contributed by atoms with van der Waals surface area (Å²) in [6.45, 7) is 5.11. The molecule has 0 amide bonds. The Morgan fingerprint density at radius 3 is 3.00 bits per heavy atom. The topological polar surface area (TPSA) is 34.1 Å². The van der Waals surface area contributed by atoms with Gasteiger partial charge in [-0.1, -0.05) is 13.3 Å². The van der Waals surface area contributed by atoms with Crippen molar-refractivity contribution in [2.24, 2.45) is 5.92 Å². The van der Waals surface area contributed by atoms with Gasteiger partial charge in [0.15, 0.2) is 0 Å². The van der Waals surface area contributed by atoms with Crippen molar-refractivity contribution in [2.75, 3.05) is 7.11 Å². The Hall–Kier alpha value is -1.09. The van der Waals surface area contributed by atoms with Crippen LogP contribution in [0.5, 0.6) is 5.75 Å². The molecule has 0 aromatic carbocycles. The lowest BCUT2D eigenvalue weighted by atomic mass is 10.2. The van der Waals surface area contributed by atoms with E-state index in [1.807, 2.05) is 19.1 Å². The predicted molar refractivity (Wildman–Crippen MR) is 69.2 cm³/mol. The lowest BCUT2D eigenvalue weighted by Gasteiger charge is -2.07. The van der Waals surface area contributed by atoms with Gasteiger partial charge in [-0.3, -0.25) is 4.98 Å². The zero-order valence-corrected chi connectivity index (χ0v) is 11.0. The van der Waals surface area contributed by atoms with Gasteiger partial charge in [-0.25, -0.2) is 0 Å². The van der Waals surface area contributed by atoms with E-state index in [4.69, 9.17) is 4.74 Å². The lowest BCUT2D eigenvalue weighted by Crippen LogP contribution is -2.18. The van der Waals surface area contributed by atoms with Gasteiger partial charge >= 0.3 is 0 Å². The molecule has 0 bridgehead atoms. The van der Waals surface area contributed by atoms with Crippen LogP contribution in [-0.4, -0.2) is 18.1 Å². The Bertz CT molecular complexity index is 378. The standard InChI is InChI=1S/C14H22N2O/c1-4-5-11-7-14(11)15-9-12-8-13(17-3)6-10(2)16-12/h6,8,11,14-15H,4-5,7,9H2,1-3H3. The maximum atomic E-state index is 5.25. The number of ether oxygens (including phenoxy) is 1. The summed E-state index contributed by atoms with van der Waals surface area (Å²) >= 11 is 0. The number of rotatable bonds is 6. The van der Waals surface area contributed by atoms with Crippen LogP contribution in [0.1, 0.15) is 37.6 Å². The van der Waals surface area contributed by atoms with Crippen molar-refractivity contribution in [2.45, 2.75) is 45.7 Å². The Balaban J connectivity index is 1.85. The molecule has 1 saturated carbocycles. The van der Waals surface area contributed by atoms with Crippen molar-refractivity contribution in [3.63, 3.8) is 0 Å². The van der Waals surface area contributed by atoms with Crippen molar-refractivity contribution >= 4 is 0 Å². The molecule has 0 radical (unpaired) electrons. The van der Waals surface area contributed by atoms with Crippen LogP contribution in [0, 0.1) is 12.8 Å². The third kappa shape index (κ3) is 3.43. The smallest absolute Gasteiger partial charge is 0.122 e. The van der Waals surface area contributed by atoms with E-state index in [1.54, 1.807) is 7.11 Å². The van der Waals surface area contributed by atoms with Gasteiger partial charge < -0.3 is 10.1 Å². The first-order chi connectivity index (χ1) is 8.22. The molecule has 0 saturated heterocycles. The predicted octanol–water partition coefficient (Wildman–Crippen LogP) is 2.68. The fourth-order valence-electron chi connectivity index (χ4n) is 2.33. The number of hydrogen-bond acceptors (Lipinski definition) is 3. The Labute approximate surface area is 104 Å². The highest BCUT2D eigenvalue weighted by atomic mass is 16.5. The average Bonchev–Trinajstić information content (AvgIpc) is 3.05. The van der Waals surface area contributed by atoms with Gasteiger partial charge in [0.25, 0.3) is 0 Å². The molecule has 1 aromatic rings. The molecule has 94 valence electrons. The van der Waals surface area contributed by atoms with E-state index in [9.17, 15) is 0 Å². The van der Waals surface area contributed by atoms with Crippen LogP contribution in [0.4, 0.5) is 0 Å². The molecule has 3 nitrogen and oxygen atoms in total. The van der Waals surface area contributed by atoms with Crippen molar-refractivity contribution in [1.29, 1.82) is 0 Å². The zero-order chi connectivity index (χ0) is 12.3. The normalized spacial score (nSPS) is 22.5. The van der Waals surface area contributed by atoms with E-state index in [1.165, 1.54) is 19.3 Å². The van der Waals surface area contributed by atoms with Crippen LogP contribution in [0.2, 0.25) is 0 Å². The first kappa shape index (κ1) is 12.4. The number of methoxy groups -OCH3 is 1. The molecule has 0 spiro atoms. The Morgan fingerprint density at radius 1 is 1.47 bits per heavy atom. The van der Waals surface area contributed by atoms with Gasteiger partial charge in [0.05, 0.1) is 12.8 Å². The van der Waals surface area contributed by atoms with Crippen LogP contribution in [0.15, 0.2) is 12.1 Å². The highest BCUT2D eigenvalue weighted by Crippen LogP contribution is 2.34. The van der Waals surface area contributed by atoms with Crippen LogP contribution >= 0.6 is 0 Å². The molecule has 2 rings (SSSR count). The second kappa shape index (κ2) is 5.50. The number of aryl methyl sites for hydroxylation is 1. The number of aromatic nitrogens is 1. The van der Waals surface area contributed by atoms with E-state index >= 15 is 0 Å². The SMILES string of the molecule is CCCC1CC1NCc1cc(OC)cc(C)n1. The summed E-state index contributed by atoms with van der Waals surface area (Å²) in [5.74, 6) is 1.79. The van der Waals surface area contributed by atoms with Crippen molar-refractivity contribution in [3.8, 4) is 5.75 Å². The van der Waals surface area contributed by atoms with Gasteiger partial charge in [-0.15, -0.1) is 0 Å². The third-order valence-corrected chi connectivity index (χ3v) is 3.34. The van der Waals surface area contributed by atoms with E-state index in [0.717, 1.165) is 29.6 Å². The summed E-state index contributed by atoms with van der Waals surface area (Å²) in [5, 5.41) is 3.57. The third-order valence-electron chi connectivity index (χ3n) is 3.34. The van der Waals surface area contributed by atoms with Crippen LogP contribution < -0.4 is 10.1 Å². The van der Waals surface area contributed by atoms with Crippen LogP contribution in [0.25, 0.3) is 0 Å². The number of nitrogens with zero attached hydrogens (tertiary/aromatic N) is 1. The van der Waals surface area contributed by atoms with E-state index in [-0.39, 0.29) is 0 Å². The van der Waals surface area contributed by atoms with Crippen molar-refractivity contribution in [1.82, 2.24) is 10.3 Å². The summed E-state index contributed by atoms with van der Waals surface area (Å²) in [4.78, 5) is 4.51. The lowest BCUT2D eigenvalue weighted by molar-refractivity contribution is 0.412. The molecule has 1 N–H and O–H groups in total. The molecule has 0 aliphatic heterocycles. The van der Waals surface area contributed by atoms with E-state index in [0.29, 0.717) is 6.04 Å². The quantitative estimate of drug-likeness (QED) is 0.821. The molecular formula is C14H22N2O. The second-order valence-electron chi connectivity index (χ2n) is 4.91. The van der Waals surface area contributed by atoms with Gasteiger partial charge in [-0.05, 0) is 25.7 Å². The van der Waals surface area contributed by atoms with E-state index < -0.39 is 0 Å². The van der Waals surface area contributed by atoms with Gasteiger partial charge in [0.2, 0.25) is 0 Å². The molecule has 1 aromatic heterocycles. The molecular weight excluding hydrogens is 212 g/mol. The first-order valence-electron chi connectivity index (χ1n) is 6.48. The monoisotopic (exact) mass is 234 g/mol. The summed E-state index contributed by atoms with van der Waals surface area (Å²) in [7, 11) is 1.70. The Morgan fingerprint density at radius 2 is 2.29 bits per heavy atom. The number of pyridine rings is 1. The minimum Gasteiger partial charge on any atom is -0.497 e. The fraction of sp³-hybridized carbons (Fsp3) is 0.643. The van der Waals surface area contributed by atoms with Crippen molar-refractivity contribution in [3.05, 3.63) is 23.5 Å². The van der Waals surface area contributed by atoms with Crippen LogP contribution in [0.3, 0.4) is 0 Å². The summed E-state index contributed by atoms with van der Waals surface area (Å²) in [6, 6.07) is 4.68. The zero-order valence-electron chi connectivity index (χ0n) is 11.0. The van der Waals surface area contributed by atoms with Gasteiger partial charge in [0, 0.05) is 30.4 Å². The van der Waals surface area contributed by atoms with Gasteiger partial charge in [0.1, 0.15) is 5.75 Å². The summed E-state index contributed by atoms with van der Waals surface area (Å²) in [6.07, 6.45) is 3.97. The molecule has 1 aliphatic rings. The average molecular weight is 234 g/mol. The molecule has 2 unspecified atom stereocenters. The minimum absolute atomic E-state index is 0.711. The summed E-state index contributed by atoms with van der Waals surface area (Å²) < 4.78 is 5.25.